The second-order valence-electron chi connectivity index (χ2n) is 5.50. The Hall–Kier alpha value is -1.44. The summed E-state index contributed by atoms with van der Waals surface area (Å²) >= 11 is 0. The predicted molar refractivity (Wildman–Crippen MR) is 76.8 cm³/mol. The van der Waals surface area contributed by atoms with E-state index in [1.54, 1.807) is 10.6 Å². The van der Waals surface area contributed by atoms with Gasteiger partial charge >= 0.3 is 0 Å². The van der Waals surface area contributed by atoms with Crippen LogP contribution in [-0.2, 0) is 21.3 Å². The summed E-state index contributed by atoms with van der Waals surface area (Å²) in [5, 5.41) is 5.53. The lowest BCUT2D eigenvalue weighted by atomic mass is 10.2. The fourth-order valence-electron chi connectivity index (χ4n) is 2.85. The van der Waals surface area contributed by atoms with Crippen molar-refractivity contribution in [3.63, 3.8) is 0 Å². The number of nitrogens with zero attached hydrogens (tertiary/aromatic N) is 1. The predicted octanol–water partition coefficient (Wildman–Crippen LogP) is 2.00. The van der Waals surface area contributed by atoms with E-state index >= 15 is 0 Å². The number of fused-ring (bicyclic) bond motifs is 1. The van der Waals surface area contributed by atoms with Crippen LogP contribution in [-0.4, -0.2) is 25.2 Å². The quantitative estimate of drug-likeness (QED) is 0.942. The van der Waals surface area contributed by atoms with E-state index in [0.29, 0.717) is 17.4 Å². The number of hydrogen-bond donors (Lipinski definition) is 1. The van der Waals surface area contributed by atoms with Gasteiger partial charge in [0, 0.05) is 23.6 Å². The summed E-state index contributed by atoms with van der Waals surface area (Å²) in [4.78, 5) is -0.0527. The molecule has 1 fully saturated rings. The van der Waals surface area contributed by atoms with Crippen molar-refractivity contribution in [3.05, 3.63) is 30.2 Å². The molecule has 1 aromatic heterocycles. The van der Waals surface area contributed by atoms with Crippen molar-refractivity contribution in [1.29, 1.82) is 0 Å². The Bertz CT molecular complexity index is 785. The van der Waals surface area contributed by atoms with Crippen LogP contribution in [0.4, 0.5) is 4.39 Å². The standard InChI is InChI=1S/C14H17FN2O3S/c1-9-2-4-11(20-9)7-17-8-14(21(16,18)19)12-6-10(15)3-5-13(12)17/h3,5-6,8-9,11H,2,4,7H2,1H3,(H2,16,18,19). The van der Waals surface area contributed by atoms with E-state index in [9.17, 15) is 12.8 Å². The molecule has 21 heavy (non-hydrogen) atoms. The van der Waals surface area contributed by atoms with Gasteiger partial charge < -0.3 is 9.30 Å². The van der Waals surface area contributed by atoms with Crippen LogP contribution in [0.2, 0.25) is 0 Å². The van der Waals surface area contributed by atoms with Gasteiger partial charge in [-0.1, -0.05) is 0 Å². The van der Waals surface area contributed by atoms with Crippen molar-refractivity contribution in [2.24, 2.45) is 5.14 Å². The van der Waals surface area contributed by atoms with Gasteiger partial charge in [-0.3, -0.25) is 0 Å². The minimum atomic E-state index is -3.90. The molecule has 0 saturated carbocycles. The average molecular weight is 312 g/mol. The lowest BCUT2D eigenvalue weighted by Crippen LogP contribution is -2.16. The van der Waals surface area contributed by atoms with Crippen LogP contribution in [0.25, 0.3) is 10.9 Å². The molecule has 2 aromatic rings. The maximum absolute atomic E-state index is 13.4. The fraction of sp³-hybridized carbons (Fsp3) is 0.429. The molecule has 2 unspecified atom stereocenters. The second-order valence-corrected chi connectivity index (χ2v) is 7.03. The first-order chi connectivity index (χ1) is 9.84. The fourth-order valence-corrected chi connectivity index (χ4v) is 3.60. The molecule has 1 aliphatic rings. The smallest absolute Gasteiger partial charge is 0.240 e. The zero-order valence-corrected chi connectivity index (χ0v) is 12.4. The molecule has 0 spiro atoms. The van der Waals surface area contributed by atoms with E-state index in [1.165, 1.54) is 18.3 Å². The number of primary sulfonamides is 1. The van der Waals surface area contributed by atoms with Crippen molar-refractivity contribution in [3.8, 4) is 0 Å². The van der Waals surface area contributed by atoms with Crippen LogP contribution in [0.15, 0.2) is 29.3 Å². The molecular weight excluding hydrogens is 295 g/mol. The van der Waals surface area contributed by atoms with Gasteiger partial charge in [0.2, 0.25) is 10.0 Å². The molecule has 0 radical (unpaired) electrons. The highest BCUT2D eigenvalue weighted by molar-refractivity contribution is 7.89. The molecule has 1 aromatic carbocycles. The Morgan fingerprint density at radius 2 is 2.19 bits per heavy atom. The van der Waals surface area contributed by atoms with Gasteiger partial charge in [0.25, 0.3) is 0 Å². The SMILES string of the molecule is CC1CCC(Cn2cc(S(N)(=O)=O)c3cc(F)ccc32)O1. The summed E-state index contributed by atoms with van der Waals surface area (Å²) in [5.74, 6) is -0.490. The molecule has 0 aliphatic carbocycles. The number of aromatic nitrogens is 1. The Balaban J connectivity index is 2.07. The largest absolute Gasteiger partial charge is 0.373 e. The zero-order chi connectivity index (χ0) is 15.2. The van der Waals surface area contributed by atoms with Crippen LogP contribution in [0.3, 0.4) is 0 Å². The third-order valence-electron chi connectivity index (χ3n) is 3.83. The van der Waals surface area contributed by atoms with Gasteiger partial charge in [-0.05, 0) is 38.0 Å². The average Bonchev–Trinajstić information content (AvgIpc) is 2.93. The Labute approximate surface area is 122 Å². The van der Waals surface area contributed by atoms with Gasteiger partial charge in [-0.25, -0.2) is 17.9 Å². The molecule has 2 N–H and O–H groups in total. The van der Waals surface area contributed by atoms with Gasteiger partial charge in [0.05, 0.1) is 12.2 Å². The second kappa shape index (κ2) is 5.08. The van der Waals surface area contributed by atoms with Crippen LogP contribution >= 0.6 is 0 Å². The van der Waals surface area contributed by atoms with Crippen LogP contribution < -0.4 is 5.14 Å². The van der Waals surface area contributed by atoms with Crippen molar-refractivity contribution < 1.29 is 17.5 Å². The van der Waals surface area contributed by atoms with Crippen molar-refractivity contribution in [2.45, 2.75) is 43.4 Å². The highest BCUT2D eigenvalue weighted by atomic mass is 32.2. The molecule has 3 rings (SSSR count). The topological polar surface area (TPSA) is 74.3 Å². The van der Waals surface area contributed by atoms with Crippen molar-refractivity contribution in [2.75, 3.05) is 0 Å². The molecule has 2 heterocycles. The monoisotopic (exact) mass is 312 g/mol. The third kappa shape index (κ3) is 2.81. The summed E-state index contributed by atoms with van der Waals surface area (Å²) in [6, 6.07) is 4.07. The summed E-state index contributed by atoms with van der Waals surface area (Å²) in [6.45, 7) is 2.54. The van der Waals surface area contributed by atoms with Gasteiger partial charge in [-0.15, -0.1) is 0 Å². The summed E-state index contributed by atoms with van der Waals surface area (Å²) in [5.41, 5.74) is 0.642. The zero-order valence-electron chi connectivity index (χ0n) is 11.6. The summed E-state index contributed by atoms with van der Waals surface area (Å²) in [7, 11) is -3.90. The van der Waals surface area contributed by atoms with Gasteiger partial charge in [0.15, 0.2) is 0 Å². The van der Waals surface area contributed by atoms with Gasteiger partial charge in [-0.2, -0.15) is 0 Å². The molecule has 5 nitrogen and oxygen atoms in total. The van der Waals surface area contributed by atoms with Crippen molar-refractivity contribution >= 4 is 20.9 Å². The summed E-state index contributed by atoms with van der Waals surface area (Å²) < 4.78 is 44.3. The number of ether oxygens (including phenoxy) is 1. The highest BCUT2D eigenvalue weighted by Gasteiger charge is 2.24. The number of nitrogens with two attached hydrogens (primary N) is 1. The number of halogens is 1. The molecule has 114 valence electrons. The van der Waals surface area contributed by atoms with E-state index in [4.69, 9.17) is 9.88 Å². The Morgan fingerprint density at radius 1 is 1.43 bits per heavy atom. The molecule has 7 heteroatoms. The van der Waals surface area contributed by atoms with E-state index in [2.05, 4.69) is 0 Å². The highest BCUT2D eigenvalue weighted by Crippen LogP contribution is 2.28. The van der Waals surface area contributed by atoms with E-state index in [-0.39, 0.29) is 17.1 Å². The molecular formula is C14H17FN2O3S. The molecule has 0 bridgehead atoms. The van der Waals surface area contributed by atoms with Crippen LogP contribution in [0, 0.1) is 5.82 Å². The van der Waals surface area contributed by atoms with E-state index in [0.717, 1.165) is 12.8 Å². The van der Waals surface area contributed by atoms with Gasteiger partial charge in [0.1, 0.15) is 10.7 Å². The molecule has 1 aliphatic heterocycles. The number of benzene rings is 1. The Kier molecular flexibility index (Phi) is 3.51. The number of rotatable bonds is 3. The lowest BCUT2D eigenvalue weighted by molar-refractivity contribution is 0.0464. The first-order valence-electron chi connectivity index (χ1n) is 6.81. The molecule has 2 atom stereocenters. The first-order valence-corrected chi connectivity index (χ1v) is 8.36. The normalized spacial score (nSPS) is 23.0. The van der Waals surface area contributed by atoms with Crippen LogP contribution in [0.5, 0.6) is 0 Å². The molecule has 1 saturated heterocycles. The number of hydrogen-bond acceptors (Lipinski definition) is 3. The minimum absolute atomic E-state index is 0.0361. The van der Waals surface area contributed by atoms with E-state index in [1.807, 2.05) is 6.92 Å². The Morgan fingerprint density at radius 3 is 2.81 bits per heavy atom. The maximum atomic E-state index is 13.4. The van der Waals surface area contributed by atoms with Crippen molar-refractivity contribution in [1.82, 2.24) is 4.57 Å². The maximum Gasteiger partial charge on any atom is 0.240 e. The third-order valence-corrected chi connectivity index (χ3v) is 4.77. The first kappa shape index (κ1) is 14.5. The minimum Gasteiger partial charge on any atom is -0.373 e. The summed E-state index contributed by atoms with van der Waals surface area (Å²) in [6.07, 6.45) is 3.62. The lowest BCUT2D eigenvalue weighted by Gasteiger charge is -2.13. The van der Waals surface area contributed by atoms with Crippen LogP contribution in [0.1, 0.15) is 19.8 Å². The number of sulfonamides is 1. The van der Waals surface area contributed by atoms with E-state index < -0.39 is 15.8 Å². The molecule has 0 amide bonds.